The van der Waals surface area contributed by atoms with E-state index >= 15 is 8.78 Å². The van der Waals surface area contributed by atoms with Gasteiger partial charge in [-0.1, -0.05) is 43.8 Å². The highest BCUT2D eigenvalue weighted by Crippen LogP contribution is 2.38. The summed E-state index contributed by atoms with van der Waals surface area (Å²) in [5.74, 6) is -11.4. The maximum Gasteiger partial charge on any atom is 0.374 e. The summed E-state index contributed by atoms with van der Waals surface area (Å²) in [7, 11) is 0. The third-order valence-corrected chi connectivity index (χ3v) is 15.3. The first-order chi connectivity index (χ1) is 36.9. The number of hydrogen-bond donors (Lipinski definition) is 5. The molecule has 0 unspecified atom stereocenters. The van der Waals surface area contributed by atoms with Gasteiger partial charge in [-0.25, -0.2) is 13.6 Å². The molecule has 0 saturated carbocycles. The first kappa shape index (κ1) is 60.0. The molecule has 10 rings (SSSR count). The molecule has 0 aromatic heterocycles. The number of halogens is 6. The molecule has 4 aromatic carbocycles. The predicted octanol–water partition coefficient (Wildman–Crippen LogP) is 9.27. The van der Waals surface area contributed by atoms with Gasteiger partial charge in [0.2, 0.25) is 0 Å². The van der Waals surface area contributed by atoms with Crippen molar-refractivity contribution in [3.63, 3.8) is 0 Å². The van der Waals surface area contributed by atoms with E-state index in [1.165, 1.54) is 53.6 Å². The minimum atomic E-state index is -3.63. The zero-order valence-corrected chi connectivity index (χ0v) is 43.5. The van der Waals surface area contributed by atoms with Crippen LogP contribution >= 0.6 is 0 Å². The molecule has 2 saturated heterocycles. The second kappa shape index (κ2) is 27.5. The van der Waals surface area contributed by atoms with E-state index in [9.17, 15) is 37.4 Å². The van der Waals surface area contributed by atoms with Gasteiger partial charge in [-0.05, 0) is 185 Å². The number of aliphatic hydroxyl groups is 2. The lowest BCUT2D eigenvalue weighted by atomic mass is 9.89. The van der Waals surface area contributed by atoms with Gasteiger partial charge in [0.1, 0.15) is 32.5 Å². The number of aliphatic hydroxyl groups excluding tert-OH is 2. The number of alkyl halides is 4. The van der Waals surface area contributed by atoms with E-state index in [-0.39, 0.29) is 62.8 Å². The van der Waals surface area contributed by atoms with E-state index < -0.39 is 72.5 Å². The summed E-state index contributed by atoms with van der Waals surface area (Å²) < 4.78 is 106. The molecule has 78 heavy (non-hydrogen) atoms. The predicted molar refractivity (Wildman–Crippen MR) is 283 cm³/mol. The van der Waals surface area contributed by atoms with Gasteiger partial charge < -0.3 is 55.1 Å². The molecular weight excluding hydrogens is 1020 g/mol. The third kappa shape index (κ3) is 15.8. The summed E-state index contributed by atoms with van der Waals surface area (Å²) in [6, 6.07) is 15.6. The van der Waals surface area contributed by atoms with Gasteiger partial charge in [-0.3, -0.25) is 4.79 Å². The minimum absolute atomic E-state index is 0. The van der Waals surface area contributed by atoms with E-state index in [2.05, 4.69) is 10.2 Å². The van der Waals surface area contributed by atoms with Crippen LogP contribution in [0.25, 0.3) is 0 Å². The van der Waals surface area contributed by atoms with Crippen molar-refractivity contribution >= 4 is 11.9 Å². The smallest absolute Gasteiger partial charge is 0.374 e. The number of carbonyl (C=O) groups is 2. The number of benzene rings is 4. The molecule has 13 nitrogen and oxygen atoms in total. The van der Waals surface area contributed by atoms with E-state index in [0.29, 0.717) is 31.1 Å². The minimum Gasteiger partial charge on any atom is -0.486 e. The fourth-order valence-electron chi connectivity index (χ4n) is 10.9. The van der Waals surface area contributed by atoms with Crippen molar-refractivity contribution in [3.8, 4) is 23.0 Å². The lowest BCUT2D eigenvalue weighted by Crippen LogP contribution is -2.51. The number of rotatable bonds is 17. The molecule has 4 heterocycles. The van der Waals surface area contributed by atoms with Gasteiger partial charge in [-0.2, -0.15) is 17.6 Å². The molecule has 0 bridgehead atoms. The highest BCUT2D eigenvalue weighted by atomic mass is 19.3. The van der Waals surface area contributed by atoms with Crippen LogP contribution in [-0.4, -0.2) is 127 Å². The average molecular weight is 1100 g/mol. The molecule has 428 valence electrons. The lowest BCUT2D eigenvalue weighted by Gasteiger charge is -2.30. The molecule has 6 aliphatic rings. The summed E-state index contributed by atoms with van der Waals surface area (Å²) in [5.41, 5.74) is 13.2. The first-order valence-electron chi connectivity index (χ1n) is 27.2. The highest BCUT2D eigenvalue weighted by Gasteiger charge is 2.41. The first-order valence-corrected chi connectivity index (χ1v) is 27.2. The van der Waals surface area contributed by atoms with Crippen molar-refractivity contribution in [2.45, 2.75) is 146 Å². The number of ether oxygens (including phenoxy) is 4. The number of carboxylic acid groups (broad SMARTS) is 1. The number of nitrogens with one attached hydrogen (secondary N) is 1. The Labute approximate surface area is 453 Å². The number of hydrogen-bond acceptors (Lipinski definition) is 11. The topological polar surface area (TPSA) is 176 Å². The molecule has 2 aliphatic carbocycles. The molecule has 0 spiro atoms. The summed E-state index contributed by atoms with van der Waals surface area (Å²) >= 11 is 0. The van der Waals surface area contributed by atoms with Crippen molar-refractivity contribution in [1.29, 1.82) is 0 Å². The van der Waals surface area contributed by atoms with Crippen LogP contribution in [-0.2, 0) is 48.1 Å². The third-order valence-electron chi connectivity index (χ3n) is 15.3. The Morgan fingerprint density at radius 1 is 0.577 bits per heavy atom. The molecule has 19 heteroatoms. The highest BCUT2D eigenvalue weighted by molar-refractivity contribution is 5.83. The van der Waals surface area contributed by atoms with Gasteiger partial charge in [-0.15, -0.1) is 0 Å². The van der Waals surface area contributed by atoms with E-state index in [4.69, 9.17) is 29.8 Å². The normalized spacial score (nSPS) is 18.5. The van der Waals surface area contributed by atoms with Crippen LogP contribution in [0.2, 0.25) is 0 Å². The van der Waals surface area contributed by atoms with Gasteiger partial charge in [0.25, 0.3) is 5.91 Å². The number of amides is 1. The molecule has 4 atom stereocenters. The van der Waals surface area contributed by atoms with Crippen molar-refractivity contribution in [3.05, 3.63) is 117 Å². The number of nitrogens with zero attached hydrogens (tertiary/aromatic N) is 2. The number of nitrogens with two attached hydrogens (primary N) is 1. The van der Waals surface area contributed by atoms with Gasteiger partial charge in [0.05, 0.1) is 12.1 Å². The van der Waals surface area contributed by atoms with Crippen LogP contribution in [0.15, 0.2) is 60.7 Å². The maximum atomic E-state index is 15.1. The van der Waals surface area contributed by atoms with Crippen LogP contribution in [0, 0.1) is 11.6 Å². The summed E-state index contributed by atoms with van der Waals surface area (Å²) in [6.45, 7) is 5.43. The molecule has 4 aliphatic heterocycles. The fourth-order valence-corrected chi connectivity index (χ4v) is 10.9. The molecule has 0 radical (unpaired) electrons. The van der Waals surface area contributed by atoms with Crippen LogP contribution in [0.4, 0.5) is 26.3 Å². The molecule has 2 fully saturated rings. The molecule has 1 amide bonds. The Morgan fingerprint density at radius 2 is 1.00 bits per heavy atom. The Kier molecular flexibility index (Phi) is 21.2. The standard InChI is InChI=1S/C29H35F3N2O4.C15H21FN2O3.C14H16F2O2.CH4/c30-23-16-22(17-25-27(23)38-14-13-37-25)26(35)24(18-34-11-3-4-12-34)33-28(36)29(31,32)10-9-19-7-8-20-5-1-2-6-21(20)15-19;16-11-7-10(8-13-15(11)21-6-5-20-13)14(19)12(17)9-18-3-1-2-4-18;15-14(16,13(17)18)8-7-10-5-6-11-3-1-2-4-12(11)9-10;/h7-8,15-17,24,26,35H,1-6,9-14,18H2,(H,33,36);7-8,12,14,19H,1-6,9,17H2;5-6,9H,1-4,7-8H2,(H,17,18);1H4/t24-,26-;12-,14-;;/m11../s1. The van der Waals surface area contributed by atoms with Crippen molar-refractivity contribution in [2.75, 3.05) is 65.7 Å². The van der Waals surface area contributed by atoms with Crippen LogP contribution in [0.3, 0.4) is 0 Å². The number of aliphatic carboxylic acids is 1. The van der Waals surface area contributed by atoms with Crippen LogP contribution in [0.1, 0.15) is 128 Å². The van der Waals surface area contributed by atoms with Gasteiger partial charge in [0.15, 0.2) is 34.6 Å². The van der Waals surface area contributed by atoms with Gasteiger partial charge >= 0.3 is 17.8 Å². The second-order valence-electron chi connectivity index (χ2n) is 21.0. The van der Waals surface area contributed by atoms with E-state index in [0.717, 1.165) is 101 Å². The Balaban J connectivity index is 0.000000186. The van der Waals surface area contributed by atoms with E-state index in [1.54, 1.807) is 6.07 Å². The van der Waals surface area contributed by atoms with Crippen molar-refractivity contribution < 1.29 is 70.2 Å². The summed E-state index contributed by atoms with van der Waals surface area (Å²) in [4.78, 5) is 27.4. The number of aryl methyl sites for hydroxylation is 6. The Hall–Kier alpha value is -5.60. The SMILES string of the molecule is C.N[C@H](CN1CCCC1)[C@H](O)c1cc(F)c2c(c1)OCCO2.O=C(N[C@H](CN1CCCC1)[C@H](O)c1cc(F)c2c(c1)OCCO2)C(F)(F)CCc1ccc2c(c1)CCCC2.O=C(O)C(F)(F)CCc1ccc2c(c1)CCCC2. The van der Waals surface area contributed by atoms with Crippen molar-refractivity contribution in [2.24, 2.45) is 5.73 Å². The average Bonchev–Trinajstić information content (AvgIpc) is 4.18. The Bertz CT molecular complexity index is 2650. The molecule has 6 N–H and O–H groups in total. The quantitative estimate of drug-likeness (QED) is 0.0635. The number of fused-ring (bicyclic) bond motifs is 4. The van der Waals surface area contributed by atoms with Gasteiger partial charge in [0, 0.05) is 32.0 Å². The number of carboxylic acids is 1. The maximum absolute atomic E-state index is 15.1. The monoisotopic (exact) mass is 1100 g/mol. The largest absolute Gasteiger partial charge is 0.486 e. The number of carbonyl (C=O) groups excluding carboxylic acids is 1. The summed E-state index contributed by atoms with van der Waals surface area (Å²) in [6.07, 6.45) is 9.40. The summed E-state index contributed by atoms with van der Waals surface area (Å²) in [5, 5.41) is 32.3. The lowest BCUT2D eigenvalue weighted by molar-refractivity contribution is -0.165. The zero-order chi connectivity index (χ0) is 54.7. The molecule has 4 aromatic rings. The Morgan fingerprint density at radius 3 is 1.47 bits per heavy atom. The fraction of sp³-hybridized carbons (Fsp3) is 0.559. The van der Waals surface area contributed by atoms with Crippen LogP contribution < -0.4 is 30.0 Å². The van der Waals surface area contributed by atoms with Crippen LogP contribution in [0.5, 0.6) is 23.0 Å². The van der Waals surface area contributed by atoms with E-state index in [1.807, 2.05) is 41.3 Å². The molecular formula is C59H76F6N4O9. The van der Waals surface area contributed by atoms with Crippen molar-refractivity contribution in [1.82, 2.24) is 15.1 Å². The number of likely N-dealkylation sites (tertiary alicyclic amines) is 2. The zero-order valence-electron chi connectivity index (χ0n) is 43.5. The second-order valence-corrected chi connectivity index (χ2v) is 21.0.